The molecule has 0 atom stereocenters. The van der Waals surface area contributed by atoms with Gasteiger partial charge in [0, 0.05) is 25.7 Å². The number of hydrogen-bond acceptors (Lipinski definition) is 6. The molecule has 1 fully saturated rings. The van der Waals surface area contributed by atoms with Crippen LogP contribution in [0, 0.1) is 0 Å². The van der Waals surface area contributed by atoms with Gasteiger partial charge in [-0.2, -0.15) is 16.1 Å². The SMILES string of the molecule is CSCc1nc(C(=O)NCCc2ccc(S(=O)(=O)N3CCCCCC3)cc2)cc(=O)[nH]1. The summed E-state index contributed by atoms with van der Waals surface area (Å²) in [5, 5.41) is 2.76. The Morgan fingerprint density at radius 3 is 2.48 bits per heavy atom. The lowest BCUT2D eigenvalue weighted by molar-refractivity contribution is 0.0948. The highest BCUT2D eigenvalue weighted by molar-refractivity contribution is 7.97. The Balaban J connectivity index is 1.57. The molecule has 1 aromatic carbocycles. The van der Waals surface area contributed by atoms with E-state index >= 15 is 0 Å². The van der Waals surface area contributed by atoms with E-state index < -0.39 is 15.9 Å². The molecule has 10 heteroatoms. The van der Waals surface area contributed by atoms with Gasteiger partial charge in [-0.3, -0.25) is 9.59 Å². The number of amides is 1. The molecule has 2 aromatic rings. The van der Waals surface area contributed by atoms with Gasteiger partial charge in [0.25, 0.3) is 11.5 Å². The van der Waals surface area contributed by atoms with Gasteiger partial charge < -0.3 is 10.3 Å². The lowest BCUT2D eigenvalue weighted by atomic mass is 10.1. The topological polar surface area (TPSA) is 112 Å². The van der Waals surface area contributed by atoms with E-state index in [9.17, 15) is 18.0 Å². The first-order valence-electron chi connectivity index (χ1n) is 10.4. The van der Waals surface area contributed by atoms with Crippen molar-refractivity contribution in [3.8, 4) is 0 Å². The summed E-state index contributed by atoms with van der Waals surface area (Å²) in [5.41, 5.74) is 0.647. The number of nitrogens with zero attached hydrogens (tertiary/aromatic N) is 2. The summed E-state index contributed by atoms with van der Waals surface area (Å²) in [5.74, 6) is 0.573. The molecule has 31 heavy (non-hydrogen) atoms. The first-order chi connectivity index (χ1) is 14.9. The van der Waals surface area contributed by atoms with Crippen LogP contribution in [0.25, 0.3) is 0 Å². The van der Waals surface area contributed by atoms with Crippen molar-refractivity contribution < 1.29 is 13.2 Å². The Hall–Kier alpha value is -2.17. The Morgan fingerprint density at radius 2 is 1.84 bits per heavy atom. The number of aromatic amines is 1. The number of benzene rings is 1. The van der Waals surface area contributed by atoms with Crippen molar-refractivity contribution in [2.75, 3.05) is 25.9 Å². The average Bonchev–Trinajstić information content (AvgIpc) is 3.04. The van der Waals surface area contributed by atoms with Crippen molar-refractivity contribution in [2.24, 2.45) is 0 Å². The standard InChI is InChI=1S/C21H28N4O4S2/c1-30-15-19-23-18(14-20(26)24-19)21(27)22-11-10-16-6-8-17(9-7-16)31(28,29)25-12-4-2-3-5-13-25/h6-9,14H,2-5,10-13,15H2,1H3,(H,22,27)(H,23,24,26). The number of carbonyl (C=O) groups excluding carboxylic acids is 1. The van der Waals surface area contributed by atoms with Crippen molar-refractivity contribution in [2.45, 2.75) is 42.8 Å². The van der Waals surface area contributed by atoms with Crippen LogP contribution in [0.5, 0.6) is 0 Å². The largest absolute Gasteiger partial charge is 0.350 e. The quantitative estimate of drug-likeness (QED) is 0.619. The minimum absolute atomic E-state index is 0.0895. The van der Waals surface area contributed by atoms with Gasteiger partial charge in [0.15, 0.2) is 0 Å². The third kappa shape index (κ3) is 6.41. The number of H-pyrrole nitrogens is 1. The zero-order valence-corrected chi connectivity index (χ0v) is 19.2. The van der Waals surface area contributed by atoms with Crippen LogP contribution >= 0.6 is 11.8 Å². The fourth-order valence-corrected chi connectivity index (χ4v) is 5.43. The number of carbonyl (C=O) groups is 1. The minimum atomic E-state index is -3.46. The molecule has 0 radical (unpaired) electrons. The van der Waals surface area contributed by atoms with E-state index in [4.69, 9.17) is 0 Å². The number of nitrogens with one attached hydrogen (secondary N) is 2. The summed E-state index contributed by atoms with van der Waals surface area (Å²) < 4.78 is 27.3. The lowest BCUT2D eigenvalue weighted by Gasteiger charge is -2.20. The molecule has 0 aliphatic carbocycles. The fourth-order valence-electron chi connectivity index (χ4n) is 3.50. The van der Waals surface area contributed by atoms with E-state index in [1.165, 1.54) is 17.8 Å². The van der Waals surface area contributed by atoms with Gasteiger partial charge >= 0.3 is 0 Å². The van der Waals surface area contributed by atoms with Crippen molar-refractivity contribution in [3.05, 3.63) is 57.8 Å². The summed E-state index contributed by atoms with van der Waals surface area (Å²) in [4.78, 5) is 31.1. The number of sulfonamides is 1. The molecule has 0 bridgehead atoms. The Labute approximate surface area is 186 Å². The van der Waals surface area contributed by atoms with Gasteiger partial charge in [0.05, 0.1) is 10.6 Å². The predicted octanol–water partition coefficient (Wildman–Crippen LogP) is 2.17. The van der Waals surface area contributed by atoms with Gasteiger partial charge in [-0.15, -0.1) is 0 Å². The highest BCUT2D eigenvalue weighted by Crippen LogP contribution is 2.20. The van der Waals surface area contributed by atoms with Gasteiger partial charge in [0.2, 0.25) is 10.0 Å². The Bertz CT molecular complexity index is 1040. The third-order valence-corrected chi connectivity index (χ3v) is 7.60. The highest BCUT2D eigenvalue weighted by atomic mass is 32.2. The second-order valence-corrected chi connectivity index (χ2v) is 10.3. The molecule has 8 nitrogen and oxygen atoms in total. The zero-order valence-electron chi connectivity index (χ0n) is 17.6. The monoisotopic (exact) mass is 464 g/mol. The van der Waals surface area contributed by atoms with Gasteiger partial charge in [-0.25, -0.2) is 13.4 Å². The molecule has 0 spiro atoms. The first kappa shape index (κ1) is 23.5. The van der Waals surface area contributed by atoms with Crippen molar-refractivity contribution in [1.29, 1.82) is 0 Å². The molecule has 168 valence electrons. The van der Waals surface area contributed by atoms with E-state index in [1.807, 2.05) is 6.26 Å². The summed E-state index contributed by atoms with van der Waals surface area (Å²) in [6.07, 6.45) is 6.37. The molecule has 1 aliphatic heterocycles. The molecular weight excluding hydrogens is 436 g/mol. The average molecular weight is 465 g/mol. The maximum Gasteiger partial charge on any atom is 0.270 e. The Kier molecular flexibility index (Phi) is 8.28. The molecular formula is C21H28N4O4S2. The number of aromatic nitrogens is 2. The van der Waals surface area contributed by atoms with E-state index in [0.29, 0.717) is 42.5 Å². The van der Waals surface area contributed by atoms with E-state index in [1.54, 1.807) is 28.6 Å². The first-order valence-corrected chi connectivity index (χ1v) is 13.2. The van der Waals surface area contributed by atoms with E-state index in [2.05, 4.69) is 15.3 Å². The fraction of sp³-hybridized carbons (Fsp3) is 0.476. The van der Waals surface area contributed by atoms with Crippen molar-refractivity contribution in [3.63, 3.8) is 0 Å². The van der Waals surface area contributed by atoms with Crippen LogP contribution in [0.15, 0.2) is 40.0 Å². The second-order valence-electron chi connectivity index (χ2n) is 7.48. The van der Waals surface area contributed by atoms with Crippen molar-refractivity contribution >= 4 is 27.7 Å². The summed E-state index contributed by atoms with van der Waals surface area (Å²) in [6.45, 7) is 1.50. The van der Waals surface area contributed by atoms with Crippen LogP contribution in [0.1, 0.15) is 47.6 Å². The zero-order chi connectivity index (χ0) is 22.3. The molecule has 1 aliphatic rings. The van der Waals surface area contributed by atoms with Gasteiger partial charge in [-0.05, 0) is 43.2 Å². The van der Waals surface area contributed by atoms with Crippen molar-refractivity contribution in [1.82, 2.24) is 19.6 Å². The number of hydrogen-bond donors (Lipinski definition) is 2. The summed E-state index contributed by atoms with van der Waals surface area (Å²) in [7, 11) is -3.46. The van der Waals surface area contributed by atoms with E-state index in [-0.39, 0.29) is 11.3 Å². The Morgan fingerprint density at radius 1 is 1.16 bits per heavy atom. The molecule has 0 saturated carbocycles. The molecule has 1 saturated heterocycles. The summed E-state index contributed by atoms with van der Waals surface area (Å²) >= 11 is 1.50. The maximum atomic E-state index is 12.8. The molecule has 2 heterocycles. The van der Waals surface area contributed by atoms with Crippen LogP contribution < -0.4 is 10.9 Å². The maximum absolute atomic E-state index is 12.8. The third-order valence-electron chi connectivity index (χ3n) is 5.13. The molecule has 0 unspecified atom stereocenters. The normalized spacial score (nSPS) is 15.4. The number of rotatable bonds is 8. The van der Waals surface area contributed by atoms with Crippen LogP contribution in [0.4, 0.5) is 0 Å². The molecule has 3 rings (SSSR count). The van der Waals surface area contributed by atoms with Gasteiger partial charge in [0.1, 0.15) is 11.5 Å². The second kappa shape index (κ2) is 10.9. The van der Waals surface area contributed by atoms with E-state index in [0.717, 1.165) is 31.2 Å². The highest BCUT2D eigenvalue weighted by Gasteiger charge is 2.24. The van der Waals surface area contributed by atoms with Gasteiger partial charge in [-0.1, -0.05) is 25.0 Å². The lowest BCUT2D eigenvalue weighted by Crippen LogP contribution is -2.32. The molecule has 1 amide bonds. The molecule has 2 N–H and O–H groups in total. The van der Waals surface area contributed by atoms with Crippen LogP contribution in [0.3, 0.4) is 0 Å². The van der Waals surface area contributed by atoms with Crippen LogP contribution in [-0.4, -0.2) is 54.5 Å². The molecule has 1 aromatic heterocycles. The van der Waals surface area contributed by atoms with Crippen LogP contribution in [0.2, 0.25) is 0 Å². The smallest absolute Gasteiger partial charge is 0.270 e. The summed E-state index contributed by atoms with van der Waals surface area (Å²) in [6, 6.07) is 7.99. The minimum Gasteiger partial charge on any atom is -0.350 e. The number of thioether (sulfide) groups is 1. The van der Waals surface area contributed by atoms with Crippen LogP contribution in [-0.2, 0) is 22.2 Å². The predicted molar refractivity (Wildman–Crippen MR) is 122 cm³/mol.